The Balaban J connectivity index is 0.000000256. The van der Waals surface area contributed by atoms with E-state index in [1.165, 1.54) is 18.4 Å². The van der Waals surface area contributed by atoms with Gasteiger partial charge in [0.1, 0.15) is 0 Å². The van der Waals surface area contributed by atoms with Crippen molar-refractivity contribution in [2.75, 3.05) is 19.5 Å². The Morgan fingerprint density at radius 2 is 1.11 bits per heavy atom. The van der Waals surface area contributed by atoms with Gasteiger partial charge in [0.25, 0.3) is 5.95 Å². The molecule has 7 rings (SSSR count). The molecular formula is C51H72Cl4N8O6SSiTi. The Bertz CT molecular complexity index is 2930. The first-order chi connectivity index (χ1) is 33.1. The standard InChI is InChI=1S/C18H22N4OS.C16H22N2O2.C9H10N2O.C8H18O2Si.4ClH.Ti/c1-17(2,13-6-7-14-12(10-13)11-20-22(14)5)18(3,4)15(23)21-16-19-8-9-24-16;1-15(2,16(3,4)14(19)20-6)12-7-8-13-11(9-12)10-17-18(13)5;1-11-9-3-2-7(6-12)4-8(9)5-10-11;1-7(2)8(9-3)10-11(4,5)6;;;;;/h6-11H,1-5H3,(H,19,21,23);7-10H,1-6H3;2-5,12H,6H2,1H3;1-6H3;4*1H;/q;;;;;;;;+4/p-4. The number of halogens is 4. The third-order valence-corrected chi connectivity index (χ3v) is 14.4. The van der Waals surface area contributed by atoms with Crippen LogP contribution in [0.2, 0.25) is 19.6 Å². The normalized spacial score (nSPS) is 12.0. The molecule has 0 spiro atoms. The third kappa shape index (κ3) is 16.5. The molecule has 0 unspecified atom stereocenters. The molecule has 3 aromatic carbocycles. The van der Waals surface area contributed by atoms with Crippen molar-refractivity contribution in [1.82, 2.24) is 34.3 Å². The number of ether oxygens (including phenoxy) is 2. The molecule has 2 N–H and O–H groups in total. The second-order valence-electron chi connectivity index (χ2n) is 20.3. The minimum atomic E-state index is -3.11. The summed E-state index contributed by atoms with van der Waals surface area (Å²) in [5.74, 6) is 0.451. The van der Waals surface area contributed by atoms with Crippen LogP contribution in [-0.2, 0) is 74.4 Å². The van der Waals surface area contributed by atoms with Crippen LogP contribution in [0.5, 0.6) is 0 Å². The Hall–Kier alpha value is -3.97. The number of aliphatic hydroxyl groups is 1. The molecule has 4 aromatic heterocycles. The Labute approximate surface area is 449 Å². The zero-order valence-corrected chi connectivity index (χ0v) is 51.2. The van der Waals surface area contributed by atoms with Gasteiger partial charge >= 0.3 is 55.5 Å². The van der Waals surface area contributed by atoms with E-state index in [0.29, 0.717) is 11.1 Å². The number of aliphatic hydroxyl groups excluding tert-OH is 1. The molecule has 4 heterocycles. The molecule has 0 saturated heterocycles. The van der Waals surface area contributed by atoms with Gasteiger partial charge in [0, 0.05) is 65.3 Å². The average molecular weight is 1140 g/mol. The molecule has 72 heavy (non-hydrogen) atoms. The van der Waals surface area contributed by atoms with Gasteiger partial charge in [-0.25, -0.2) is 4.98 Å². The summed E-state index contributed by atoms with van der Waals surface area (Å²) in [6.45, 7) is 26.6. The minimum absolute atomic E-state index is 0.0336. The fraction of sp³-hybridized carbons (Fsp3) is 0.451. The predicted molar refractivity (Wildman–Crippen MR) is 298 cm³/mol. The van der Waals surface area contributed by atoms with Crippen molar-refractivity contribution in [3.63, 3.8) is 0 Å². The van der Waals surface area contributed by atoms with Crippen LogP contribution in [0, 0.1) is 10.8 Å². The summed E-state index contributed by atoms with van der Waals surface area (Å²) < 4.78 is 21.2. The number of carbonyl (C=O) groups excluding carboxylic acids is 2. The van der Waals surface area contributed by atoms with Crippen molar-refractivity contribution >= 4 is 107 Å². The van der Waals surface area contributed by atoms with Crippen molar-refractivity contribution in [1.29, 1.82) is 0 Å². The zero-order chi connectivity index (χ0) is 54.8. The van der Waals surface area contributed by atoms with Gasteiger partial charge in [-0.3, -0.25) is 23.6 Å². The number of anilines is 1. The number of methoxy groups -OCH3 is 2. The molecular weight excluding hydrogens is 1070 g/mol. The maximum absolute atomic E-state index is 12.9. The number of esters is 1. The quantitative estimate of drug-likeness (QED) is 0.0725. The summed E-state index contributed by atoms with van der Waals surface area (Å²) in [5.41, 5.74) is 5.56. The Kier molecular flexibility index (Phi) is 22.1. The van der Waals surface area contributed by atoms with Gasteiger partial charge in [-0.05, 0) is 100 Å². The van der Waals surface area contributed by atoms with Gasteiger partial charge in [-0.2, -0.15) is 15.3 Å². The topological polar surface area (TPSA) is 160 Å². The number of thiazole rings is 1. The first kappa shape index (κ1) is 62.3. The number of carbonyl (C=O) groups is 2. The van der Waals surface area contributed by atoms with Gasteiger partial charge < -0.3 is 24.3 Å². The molecule has 21 heteroatoms. The van der Waals surface area contributed by atoms with Crippen molar-refractivity contribution in [2.45, 2.75) is 106 Å². The molecule has 14 nitrogen and oxygen atoms in total. The fourth-order valence-corrected chi connectivity index (χ4v) is 8.46. The van der Waals surface area contributed by atoms with Gasteiger partial charge in [-0.15, -0.1) is 11.3 Å². The first-order valence-electron chi connectivity index (χ1n) is 22.9. The number of hydrogen-bond acceptors (Lipinski definition) is 11. The molecule has 0 bridgehead atoms. The van der Waals surface area contributed by atoms with Gasteiger partial charge in [0.05, 0.1) is 66.8 Å². The number of nitrogens with one attached hydrogen (secondary N) is 1. The monoisotopic (exact) mass is 1140 g/mol. The predicted octanol–water partition coefficient (Wildman–Crippen LogP) is 13.6. The van der Waals surface area contributed by atoms with E-state index < -0.39 is 31.5 Å². The summed E-state index contributed by atoms with van der Waals surface area (Å²) in [6, 6.07) is 18.3. The number of aromatic nitrogens is 7. The molecule has 0 fully saturated rings. The summed E-state index contributed by atoms with van der Waals surface area (Å²) in [4.78, 5) is 29.1. The Morgan fingerprint density at radius 3 is 1.46 bits per heavy atom. The summed E-state index contributed by atoms with van der Waals surface area (Å²) in [5, 5.41) is 30.2. The number of amides is 1. The van der Waals surface area contributed by atoms with E-state index in [-0.39, 0.29) is 29.3 Å². The van der Waals surface area contributed by atoms with Crippen LogP contribution in [0.25, 0.3) is 32.7 Å². The van der Waals surface area contributed by atoms with E-state index in [1.54, 1.807) is 19.5 Å². The molecule has 0 aliphatic heterocycles. The summed E-state index contributed by atoms with van der Waals surface area (Å²) in [6.07, 6.45) is 7.20. The van der Waals surface area contributed by atoms with E-state index in [2.05, 4.69) is 103 Å². The molecule has 0 aliphatic carbocycles. The second kappa shape index (κ2) is 25.5. The number of benzene rings is 3. The van der Waals surface area contributed by atoms with E-state index in [1.807, 2.05) is 119 Å². The molecule has 1 amide bonds. The SMILES string of the molecule is COC(=O)C(C)(C)C(C)(C)c1ccc2c(cnn2C)c1.COC(O[Si](C)(C)C)=C(C)C.Cn1ncc2cc(C(C)(C)C(C)(C)C(=O)Nc3nccs3)ccc21.Cn1ncc2cc(CO)ccc21.[Cl][Ti]([Cl])([Cl])[Cl]. The van der Waals surface area contributed by atoms with Crippen molar-refractivity contribution < 1.29 is 40.9 Å². The number of aryl methyl sites for hydroxylation is 3. The molecule has 394 valence electrons. The number of allylic oxidation sites excluding steroid dienone is 1. The zero-order valence-electron chi connectivity index (χ0n) is 44.8. The van der Waals surface area contributed by atoms with Crippen LogP contribution in [0.1, 0.15) is 85.9 Å². The van der Waals surface area contributed by atoms with Crippen molar-refractivity contribution in [3.8, 4) is 0 Å². The van der Waals surface area contributed by atoms with E-state index in [9.17, 15) is 9.59 Å². The van der Waals surface area contributed by atoms with Crippen LogP contribution in [0.15, 0.2) is 96.3 Å². The van der Waals surface area contributed by atoms with Crippen LogP contribution in [0.4, 0.5) is 5.13 Å². The molecule has 0 radical (unpaired) electrons. The van der Waals surface area contributed by atoms with Crippen LogP contribution in [-0.4, -0.2) is 73.8 Å². The molecule has 0 saturated carbocycles. The van der Waals surface area contributed by atoms with Gasteiger partial charge in [0.2, 0.25) is 14.2 Å². The van der Waals surface area contributed by atoms with Crippen LogP contribution >= 0.6 is 48.6 Å². The van der Waals surface area contributed by atoms with E-state index >= 15 is 0 Å². The third-order valence-electron chi connectivity index (χ3n) is 13.0. The fourth-order valence-electron chi connectivity index (χ4n) is 7.10. The van der Waals surface area contributed by atoms with Gasteiger partial charge in [-0.1, -0.05) is 59.7 Å². The summed E-state index contributed by atoms with van der Waals surface area (Å²) >= 11 is -1.69. The molecule has 0 atom stereocenters. The summed E-state index contributed by atoms with van der Waals surface area (Å²) in [7, 11) is 27.4. The van der Waals surface area contributed by atoms with Crippen molar-refractivity contribution in [3.05, 3.63) is 113 Å². The number of hydrogen-bond donors (Lipinski definition) is 2. The number of rotatable bonds is 11. The van der Waals surface area contributed by atoms with E-state index in [0.717, 1.165) is 55.0 Å². The van der Waals surface area contributed by atoms with Crippen LogP contribution < -0.4 is 5.32 Å². The number of fused-ring (bicyclic) bond motifs is 3. The Morgan fingerprint density at radius 1 is 0.694 bits per heavy atom. The van der Waals surface area contributed by atoms with Gasteiger partial charge in [0.15, 0.2) is 5.13 Å². The van der Waals surface area contributed by atoms with Crippen molar-refractivity contribution in [2.24, 2.45) is 32.0 Å². The van der Waals surface area contributed by atoms with Crippen LogP contribution in [0.3, 0.4) is 0 Å². The molecule has 7 aromatic rings. The second-order valence-corrected chi connectivity index (χ2v) is 41.1. The number of nitrogens with zero attached hydrogens (tertiary/aromatic N) is 7. The maximum atomic E-state index is 12.9. The van der Waals surface area contributed by atoms with E-state index in [4.69, 9.17) is 56.2 Å². The first-order valence-corrected chi connectivity index (χ1v) is 35.8. The molecule has 0 aliphatic rings. The average Bonchev–Trinajstić information content (AvgIpc) is 4.12.